The molecule has 0 spiro atoms. The molecular formula is C37H52ClNO8. The number of halogens is 1. The van der Waals surface area contributed by atoms with Crippen LogP contribution in [0.25, 0.3) is 0 Å². The first-order valence-electron chi connectivity index (χ1n) is 15.5. The fraction of sp³-hybridized carbons (Fsp3) is 0.459. The van der Waals surface area contributed by atoms with Crippen molar-refractivity contribution in [3.05, 3.63) is 97.1 Å². The Labute approximate surface area is 285 Å². The second-order valence-electron chi connectivity index (χ2n) is 12.5. The summed E-state index contributed by atoms with van der Waals surface area (Å²) in [5.74, 6) is -1.60. The van der Waals surface area contributed by atoms with E-state index in [0.29, 0.717) is 19.3 Å². The zero-order valence-electron chi connectivity index (χ0n) is 28.7. The van der Waals surface area contributed by atoms with Gasteiger partial charge in [0.25, 0.3) is 0 Å². The van der Waals surface area contributed by atoms with Crippen molar-refractivity contribution in [1.29, 1.82) is 0 Å². The molecule has 47 heavy (non-hydrogen) atoms. The Hall–Kier alpha value is -3.95. The zero-order chi connectivity index (χ0) is 35.9. The van der Waals surface area contributed by atoms with Gasteiger partial charge in [0, 0.05) is 11.6 Å². The molecule has 2 aromatic carbocycles. The van der Waals surface area contributed by atoms with Gasteiger partial charge in [-0.15, -0.1) is 13.2 Å². The Morgan fingerprint density at radius 3 is 1.57 bits per heavy atom. The molecule has 0 saturated carbocycles. The summed E-state index contributed by atoms with van der Waals surface area (Å²) in [7, 11) is 0. The number of hydrogen-bond acceptors (Lipinski definition) is 9. The standard InChI is InChI=1S/C19H26O4.C10H19NO2.C8H7ClO2/c1-5-6-12-16(18(21)23-19(2,3)4)13-17(20)22-14-15-10-8-7-9-11-15;1-5-6-7-8(11)9(12)13-10(2,3)4;9-8(10)11-6-7-4-2-1-3-5-7/h5,7-11,16H,1,6,12-14H2,2-4H3;5,8H,1,6-7,11H2,2-4H3;1-5H,6H2/t16-;8-;/m10./s1. The summed E-state index contributed by atoms with van der Waals surface area (Å²) in [6.45, 7) is 18.6. The molecule has 0 radical (unpaired) electrons. The Morgan fingerprint density at radius 1 is 0.723 bits per heavy atom. The number of benzene rings is 2. The highest BCUT2D eigenvalue weighted by Gasteiger charge is 2.27. The fourth-order valence-electron chi connectivity index (χ4n) is 3.51. The van der Waals surface area contributed by atoms with Gasteiger partial charge < -0.3 is 24.7 Å². The van der Waals surface area contributed by atoms with Gasteiger partial charge in [-0.25, -0.2) is 4.79 Å². The molecule has 2 aromatic rings. The van der Waals surface area contributed by atoms with E-state index in [9.17, 15) is 19.2 Å². The van der Waals surface area contributed by atoms with Gasteiger partial charge in [0.2, 0.25) is 0 Å². The van der Waals surface area contributed by atoms with Crippen LogP contribution in [0, 0.1) is 5.92 Å². The van der Waals surface area contributed by atoms with Crippen LogP contribution >= 0.6 is 11.6 Å². The number of ether oxygens (including phenoxy) is 4. The third kappa shape index (κ3) is 24.9. The lowest BCUT2D eigenvalue weighted by Gasteiger charge is -2.23. The molecule has 0 aromatic heterocycles. The van der Waals surface area contributed by atoms with E-state index in [1.807, 2.05) is 102 Å². The number of nitrogens with two attached hydrogens (primary N) is 1. The topological polar surface area (TPSA) is 131 Å². The fourth-order valence-corrected chi connectivity index (χ4v) is 3.57. The Kier molecular flexibility index (Phi) is 21.4. The van der Waals surface area contributed by atoms with Crippen LogP contribution in [-0.2, 0) is 46.5 Å². The van der Waals surface area contributed by atoms with Crippen LogP contribution in [0.1, 0.15) is 84.8 Å². The molecule has 0 unspecified atom stereocenters. The molecule has 2 rings (SSSR count). The minimum atomic E-state index is -0.770. The molecule has 2 atom stereocenters. The summed E-state index contributed by atoms with van der Waals surface area (Å²) in [5.41, 5.74) is 5.64. The zero-order valence-corrected chi connectivity index (χ0v) is 29.4. The molecule has 0 aliphatic rings. The van der Waals surface area contributed by atoms with Crippen LogP contribution in [0.4, 0.5) is 4.79 Å². The molecule has 0 aliphatic heterocycles. The highest BCUT2D eigenvalue weighted by molar-refractivity contribution is 6.61. The number of carbonyl (C=O) groups is 4. The van der Waals surface area contributed by atoms with Gasteiger partial charge in [0.15, 0.2) is 0 Å². The van der Waals surface area contributed by atoms with Crippen LogP contribution in [-0.4, -0.2) is 40.6 Å². The lowest BCUT2D eigenvalue weighted by molar-refractivity contribution is -0.164. The third-order valence-corrected chi connectivity index (χ3v) is 5.81. The molecule has 0 saturated heterocycles. The van der Waals surface area contributed by atoms with E-state index in [-0.39, 0.29) is 31.6 Å². The largest absolute Gasteiger partial charge is 0.461 e. The molecule has 2 N–H and O–H groups in total. The second-order valence-corrected chi connectivity index (χ2v) is 12.8. The lowest BCUT2D eigenvalue weighted by Crippen LogP contribution is -2.37. The monoisotopic (exact) mass is 673 g/mol. The van der Waals surface area contributed by atoms with Crippen molar-refractivity contribution in [2.45, 2.75) is 104 Å². The quantitative estimate of drug-likeness (QED) is 0.0911. The lowest BCUT2D eigenvalue weighted by atomic mass is 9.99. The van der Waals surface area contributed by atoms with Gasteiger partial charge in [-0.05, 0) is 78.4 Å². The van der Waals surface area contributed by atoms with Gasteiger partial charge in [-0.1, -0.05) is 72.8 Å². The molecule has 0 fully saturated rings. The van der Waals surface area contributed by atoms with Gasteiger partial charge in [0.1, 0.15) is 30.5 Å². The van der Waals surface area contributed by atoms with Crippen molar-refractivity contribution in [1.82, 2.24) is 0 Å². The van der Waals surface area contributed by atoms with Gasteiger partial charge >= 0.3 is 23.3 Å². The van der Waals surface area contributed by atoms with Gasteiger partial charge in [-0.2, -0.15) is 0 Å². The molecule has 0 aliphatic carbocycles. The van der Waals surface area contributed by atoms with Crippen molar-refractivity contribution in [3.63, 3.8) is 0 Å². The van der Waals surface area contributed by atoms with Crippen molar-refractivity contribution < 1.29 is 38.1 Å². The van der Waals surface area contributed by atoms with E-state index in [1.165, 1.54) is 0 Å². The Balaban J connectivity index is 0.000000744. The number of rotatable bonds is 14. The van der Waals surface area contributed by atoms with Crippen LogP contribution in [0.15, 0.2) is 86.0 Å². The van der Waals surface area contributed by atoms with E-state index in [1.54, 1.807) is 12.2 Å². The average molecular weight is 674 g/mol. The van der Waals surface area contributed by atoms with Gasteiger partial charge in [0.05, 0.1) is 12.3 Å². The maximum Gasteiger partial charge on any atom is 0.404 e. The average Bonchev–Trinajstić information content (AvgIpc) is 2.99. The maximum atomic E-state index is 12.2. The van der Waals surface area contributed by atoms with Gasteiger partial charge in [-0.3, -0.25) is 14.4 Å². The first-order valence-corrected chi connectivity index (χ1v) is 15.8. The summed E-state index contributed by atoms with van der Waals surface area (Å²) in [6.07, 6.45) is 6.00. The molecule has 10 heteroatoms. The molecule has 9 nitrogen and oxygen atoms in total. The van der Waals surface area contributed by atoms with Crippen molar-refractivity contribution in [2.24, 2.45) is 11.7 Å². The summed E-state index contributed by atoms with van der Waals surface area (Å²) >= 11 is 4.97. The summed E-state index contributed by atoms with van der Waals surface area (Å²) < 4.78 is 20.3. The molecular weight excluding hydrogens is 622 g/mol. The van der Waals surface area contributed by atoms with Crippen molar-refractivity contribution >= 4 is 34.9 Å². The summed E-state index contributed by atoms with van der Waals surface area (Å²) in [6, 6.07) is 18.3. The SMILES string of the molecule is C=CCC[C@H](CC(=O)OCc1ccccc1)C(=O)OC(C)(C)C.C=CCC[C@H](N)C(=O)OC(C)(C)C.O=C(Cl)OCc1ccccc1. The van der Waals surface area contributed by atoms with Crippen LogP contribution < -0.4 is 5.73 Å². The minimum absolute atomic E-state index is 0.0234. The van der Waals surface area contributed by atoms with E-state index in [4.69, 9.17) is 31.5 Å². The first kappa shape index (κ1) is 43.0. The summed E-state index contributed by atoms with van der Waals surface area (Å²) in [5, 5.41) is 0. The molecule has 260 valence electrons. The smallest absolute Gasteiger partial charge is 0.404 e. The Bertz CT molecular complexity index is 1220. The number of hydrogen-bond donors (Lipinski definition) is 1. The highest BCUT2D eigenvalue weighted by Crippen LogP contribution is 2.19. The summed E-state index contributed by atoms with van der Waals surface area (Å²) in [4.78, 5) is 45.7. The predicted molar refractivity (Wildman–Crippen MR) is 185 cm³/mol. The second kappa shape index (κ2) is 23.4. The predicted octanol–water partition coefficient (Wildman–Crippen LogP) is 8.23. The number of esters is 3. The minimum Gasteiger partial charge on any atom is -0.461 e. The number of allylic oxidation sites excluding steroid dienone is 2. The van der Waals surface area contributed by atoms with E-state index >= 15 is 0 Å². The van der Waals surface area contributed by atoms with Crippen LogP contribution in [0.5, 0.6) is 0 Å². The molecule has 0 amide bonds. The van der Waals surface area contributed by atoms with Crippen molar-refractivity contribution in [3.8, 4) is 0 Å². The normalized spacial score (nSPS) is 11.9. The van der Waals surface area contributed by atoms with E-state index in [0.717, 1.165) is 17.5 Å². The first-order chi connectivity index (χ1) is 22.0. The van der Waals surface area contributed by atoms with Crippen LogP contribution in [0.3, 0.4) is 0 Å². The third-order valence-electron chi connectivity index (χ3n) is 5.70. The Morgan fingerprint density at radius 2 is 1.15 bits per heavy atom. The molecule has 0 heterocycles. The molecule has 0 bridgehead atoms. The van der Waals surface area contributed by atoms with Crippen LogP contribution in [0.2, 0.25) is 0 Å². The van der Waals surface area contributed by atoms with E-state index < -0.39 is 34.6 Å². The number of carbonyl (C=O) groups excluding carboxylic acids is 4. The highest BCUT2D eigenvalue weighted by atomic mass is 35.5. The maximum absolute atomic E-state index is 12.2. The van der Waals surface area contributed by atoms with E-state index in [2.05, 4.69) is 17.9 Å². The van der Waals surface area contributed by atoms with Crippen molar-refractivity contribution in [2.75, 3.05) is 0 Å².